The van der Waals surface area contributed by atoms with E-state index in [4.69, 9.17) is 4.42 Å². The zero-order valence-electron chi connectivity index (χ0n) is 14.6. The Hall–Kier alpha value is -3.13. The zero-order chi connectivity index (χ0) is 17.8. The van der Waals surface area contributed by atoms with Gasteiger partial charge in [0.25, 0.3) is 0 Å². The van der Waals surface area contributed by atoms with Gasteiger partial charge in [-0.25, -0.2) is 0 Å². The van der Waals surface area contributed by atoms with Crippen LogP contribution in [0.15, 0.2) is 88.8 Å². The van der Waals surface area contributed by atoms with E-state index in [2.05, 4.69) is 31.1 Å². The van der Waals surface area contributed by atoms with E-state index < -0.39 is 0 Å². The molecular formula is C23H21NO. The molecule has 0 aliphatic carbocycles. The summed E-state index contributed by atoms with van der Waals surface area (Å²) in [4.78, 5) is 4.53. The Balaban J connectivity index is 2.04. The molecule has 25 heavy (non-hydrogen) atoms. The lowest BCUT2D eigenvalue weighted by atomic mass is 9.99. The molecule has 2 heteroatoms. The first-order valence-electron chi connectivity index (χ1n) is 8.24. The van der Waals surface area contributed by atoms with E-state index in [-0.39, 0.29) is 0 Å². The number of hydrogen-bond acceptors (Lipinski definition) is 2. The molecule has 0 saturated heterocycles. The molecule has 0 aliphatic rings. The van der Waals surface area contributed by atoms with E-state index in [0.717, 1.165) is 38.6 Å². The summed E-state index contributed by atoms with van der Waals surface area (Å²) < 4.78 is 5.96. The Kier molecular flexibility index (Phi) is 4.80. The molecule has 0 N–H and O–H groups in total. The standard InChI is InChI=1S/C23H21NO/c1-5-6-7-10-16(2)15-24-18(4)22-17(3)13-14-21-23(22)19-11-8-9-12-20(19)25-21/h5-15H,2,4H2,1,3H3/b6-5-,10-7-,24-15?. The number of aryl methyl sites for hydroxylation is 1. The van der Waals surface area contributed by atoms with Crippen LogP contribution in [-0.4, -0.2) is 6.21 Å². The van der Waals surface area contributed by atoms with Crippen molar-refractivity contribution >= 4 is 33.9 Å². The fourth-order valence-corrected chi connectivity index (χ4v) is 2.85. The van der Waals surface area contributed by atoms with Gasteiger partial charge < -0.3 is 4.42 Å². The van der Waals surface area contributed by atoms with Crippen molar-refractivity contribution in [1.82, 2.24) is 0 Å². The van der Waals surface area contributed by atoms with Crippen LogP contribution in [-0.2, 0) is 0 Å². The monoisotopic (exact) mass is 327 g/mol. The number of nitrogens with zero attached hydrogens (tertiary/aromatic N) is 1. The van der Waals surface area contributed by atoms with Crippen LogP contribution in [0.4, 0.5) is 0 Å². The summed E-state index contributed by atoms with van der Waals surface area (Å²) in [6.07, 6.45) is 9.51. The molecule has 1 aromatic heterocycles. The van der Waals surface area contributed by atoms with E-state index >= 15 is 0 Å². The highest BCUT2D eigenvalue weighted by molar-refractivity contribution is 6.11. The summed E-state index contributed by atoms with van der Waals surface area (Å²) in [6.45, 7) is 12.2. The molecule has 0 radical (unpaired) electrons. The number of furan rings is 1. The molecule has 0 saturated carbocycles. The van der Waals surface area contributed by atoms with Crippen LogP contribution in [0.5, 0.6) is 0 Å². The average molecular weight is 327 g/mol. The minimum Gasteiger partial charge on any atom is -0.456 e. The van der Waals surface area contributed by atoms with Gasteiger partial charge in [-0.3, -0.25) is 4.99 Å². The van der Waals surface area contributed by atoms with Crippen LogP contribution in [0.3, 0.4) is 0 Å². The van der Waals surface area contributed by atoms with E-state index in [1.807, 2.05) is 61.6 Å². The second-order valence-electron chi connectivity index (χ2n) is 5.89. The molecule has 0 fully saturated rings. The minimum absolute atomic E-state index is 0.704. The van der Waals surface area contributed by atoms with Crippen molar-refractivity contribution in [2.45, 2.75) is 13.8 Å². The Bertz CT molecular complexity index is 1040. The maximum atomic E-state index is 5.96. The highest BCUT2D eigenvalue weighted by atomic mass is 16.3. The maximum absolute atomic E-state index is 5.96. The third kappa shape index (κ3) is 3.38. The lowest BCUT2D eigenvalue weighted by molar-refractivity contribution is 0.669. The highest BCUT2D eigenvalue weighted by Gasteiger charge is 2.14. The Morgan fingerprint density at radius 3 is 2.64 bits per heavy atom. The Morgan fingerprint density at radius 1 is 1.04 bits per heavy atom. The number of aliphatic imine (C=N–C) groups is 1. The number of fused-ring (bicyclic) bond motifs is 3. The first kappa shape index (κ1) is 16.7. The van der Waals surface area contributed by atoms with Crippen molar-refractivity contribution in [2.75, 3.05) is 0 Å². The van der Waals surface area contributed by atoms with Crippen molar-refractivity contribution in [3.05, 3.63) is 90.6 Å². The first-order chi connectivity index (χ1) is 12.1. The summed E-state index contributed by atoms with van der Waals surface area (Å²) in [7, 11) is 0. The summed E-state index contributed by atoms with van der Waals surface area (Å²) in [5.41, 5.74) is 5.39. The van der Waals surface area contributed by atoms with Crippen LogP contribution in [0.25, 0.3) is 27.6 Å². The van der Waals surface area contributed by atoms with Gasteiger partial charge in [0.05, 0.1) is 5.70 Å². The molecule has 0 unspecified atom stereocenters. The smallest absolute Gasteiger partial charge is 0.136 e. The molecule has 124 valence electrons. The summed E-state index contributed by atoms with van der Waals surface area (Å²) in [5.74, 6) is 0. The Morgan fingerprint density at radius 2 is 1.84 bits per heavy atom. The molecule has 0 atom stereocenters. The summed E-state index contributed by atoms with van der Waals surface area (Å²) in [6, 6.07) is 12.1. The number of hydrogen-bond donors (Lipinski definition) is 0. The number of benzene rings is 2. The van der Waals surface area contributed by atoms with E-state index in [1.165, 1.54) is 0 Å². The van der Waals surface area contributed by atoms with Gasteiger partial charge in [-0.15, -0.1) is 0 Å². The number of rotatable bonds is 5. The van der Waals surface area contributed by atoms with Crippen LogP contribution >= 0.6 is 0 Å². The second-order valence-corrected chi connectivity index (χ2v) is 5.89. The maximum Gasteiger partial charge on any atom is 0.136 e. The third-order valence-electron chi connectivity index (χ3n) is 4.04. The lowest BCUT2D eigenvalue weighted by Crippen LogP contribution is -1.88. The van der Waals surface area contributed by atoms with Crippen LogP contribution in [0, 0.1) is 6.92 Å². The molecule has 0 bridgehead atoms. The predicted molar refractivity (Wildman–Crippen MR) is 109 cm³/mol. The van der Waals surface area contributed by atoms with E-state index in [0.29, 0.717) is 5.70 Å². The molecule has 0 aliphatic heterocycles. The average Bonchev–Trinajstić information content (AvgIpc) is 2.98. The molecule has 2 aromatic carbocycles. The van der Waals surface area contributed by atoms with Gasteiger partial charge in [-0.05, 0) is 37.1 Å². The Labute approximate surface area is 148 Å². The summed E-state index contributed by atoms with van der Waals surface area (Å²) >= 11 is 0. The van der Waals surface area contributed by atoms with Crippen molar-refractivity contribution in [3.8, 4) is 0 Å². The van der Waals surface area contributed by atoms with E-state index in [1.54, 1.807) is 6.21 Å². The van der Waals surface area contributed by atoms with Gasteiger partial charge >= 0.3 is 0 Å². The second kappa shape index (κ2) is 7.18. The van der Waals surface area contributed by atoms with E-state index in [9.17, 15) is 0 Å². The van der Waals surface area contributed by atoms with Gasteiger partial charge in [0, 0.05) is 22.6 Å². The fraction of sp³-hybridized carbons (Fsp3) is 0.0870. The highest BCUT2D eigenvalue weighted by Crippen LogP contribution is 2.36. The largest absolute Gasteiger partial charge is 0.456 e. The van der Waals surface area contributed by atoms with Crippen molar-refractivity contribution in [2.24, 2.45) is 4.99 Å². The molecule has 0 spiro atoms. The predicted octanol–water partition coefficient (Wildman–Crippen LogP) is 6.62. The van der Waals surface area contributed by atoms with Crippen LogP contribution in [0.1, 0.15) is 18.1 Å². The van der Waals surface area contributed by atoms with Gasteiger partial charge in [-0.2, -0.15) is 0 Å². The van der Waals surface area contributed by atoms with Crippen molar-refractivity contribution in [3.63, 3.8) is 0 Å². The van der Waals surface area contributed by atoms with Gasteiger partial charge in [0.15, 0.2) is 0 Å². The molecule has 2 nitrogen and oxygen atoms in total. The van der Waals surface area contributed by atoms with Crippen molar-refractivity contribution < 1.29 is 4.42 Å². The quantitative estimate of drug-likeness (QED) is 0.381. The number of allylic oxidation sites excluding steroid dienone is 5. The van der Waals surface area contributed by atoms with Gasteiger partial charge in [0.2, 0.25) is 0 Å². The molecule has 3 aromatic rings. The first-order valence-corrected chi connectivity index (χ1v) is 8.24. The summed E-state index contributed by atoms with van der Waals surface area (Å²) in [5, 5.41) is 2.15. The van der Waals surface area contributed by atoms with Gasteiger partial charge in [-0.1, -0.05) is 61.7 Å². The van der Waals surface area contributed by atoms with Crippen molar-refractivity contribution in [1.29, 1.82) is 0 Å². The molecule has 0 amide bonds. The molecular weight excluding hydrogens is 306 g/mol. The SMILES string of the molecule is C=C(C=NC(=C)c1c(C)ccc2oc3ccccc3c12)/C=C\C=C/C. The lowest BCUT2D eigenvalue weighted by Gasteiger charge is -2.07. The minimum atomic E-state index is 0.704. The molecule has 3 rings (SSSR count). The third-order valence-corrected chi connectivity index (χ3v) is 4.04. The zero-order valence-corrected chi connectivity index (χ0v) is 14.6. The normalized spacial score (nSPS) is 12.2. The van der Waals surface area contributed by atoms with Crippen LogP contribution < -0.4 is 0 Å². The van der Waals surface area contributed by atoms with Gasteiger partial charge in [0.1, 0.15) is 11.2 Å². The topological polar surface area (TPSA) is 25.5 Å². The molecule has 1 heterocycles. The van der Waals surface area contributed by atoms with Crippen LogP contribution in [0.2, 0.25) is 0 Å². The number of para-hydroxylation sites is 1. The fourth-order valence-electron chi connectivity index (χ4n) is 2.85.